The van der Waals surface area contributed by atoms with E-state index in [0.717, 1.165) is 5.56 Å². The zero-order valence-electron chi connectivity index (χ0n) is 14.2. The average Bonchev–Trinajstić information content (AvgIpc) is 2.67. The smallest absolute Gasteiger partial charge is 0.255 e. The van der Waals surface area contributed by atoms with Gasteiger partial charge in [0.1, 0.15) is 11.6 Å². The van der Waals surface area contributed by atoms with Gasteiger partial charge in [0.15, 0.2) is 0 Å². The Morgan fingerprint density at radius 3 is 2.00 bits per heavy atom. The van der Waals surface area contributed by atoms with Gasteiger partial charge in [0.05, 0.1) is 0 Å². The number of halogens is 2. The molecule has 6 heteroatoms. The second-order valence-electron chi connectivity index (χ2n) is 5.85. The zero-order valence-corrected chi connectivity index (χ0v) is 14.2. The second-order valence-corrected chi connectivity index (χ2v) is 5.85. The van der Waals surface area contributed by atoms with Crippen LogP contribution in [0.3, 0.4) is 0 Å². The van der Waals surface area contributed by atoms with Gasteiger partial charge in [-0.25, -0.2) is 8.78 Å². The summed E-state index contributed by atoms with van der Waals surface area (Å²) < 4.78 is 26.0. The van der Waals surface area contributed by atoms with E-state index in [2.05, 4.69) is 10.6 Å². The Balaban J connectivity index is 1.59. The van der Waals surface area contributed by atoms with Gasteiger partial charge in [-0.15, -0.1) is 0 Å². The van der Waals surface area contributed by atoms with E-state index in [9.17, 15) is 18.4 Å². The number of carbonyl (C=O) groups is 2. The molecule has 0 aliphatic rings. The van der Waals surface area contributed by atoms with Gasteiger partial charge >= 0.3 is 0 Å². The maximum atomic E-state index is 13.2. The molecule has 0 aliphatic carbocycles. The molecule has 2 N–H and O–H groups in total. The number of carbonyl (C=O) groups excluding carboxylic acids is 2. The lowest BCUT2D eigenvalue weighted by molar-refractivity contribution is 0.0949. The van der Waals surface area contributed by atoms with Crippen molar-refractivity contribution < 1.29 is 18.4 Å². The molecule has 0 bridgehead atoms. The molecule has 27 heavy (non-hydrogen) atoms. The van der Waals surface area contributed by atoms with E-state index in [1.165, 1.54) is 54.6 Å². The van der Waals surface area contributed by atoms with Crippen molar-refractivity contribution in [2.24, 2.45) is 0 Å². The topological polar surface area (TPSA) is 58.2 Å². The summed E-state index contributed by atoms with van der Waals surface area (Å²) in [5.74, 6) is -1.49. The predicted molar refractivity (Wildman–Crippen MR) is 98.4 cm³/mol. The molecule has 0 spiro atoms. The van der Waals surface area contributed by atoms with Crippen molar-refractivity contribution in [2.45, 2.75) is 6.54 Å². The number of hydrogen-bond acceptors (Lipinski definition) is 2. The number of hydrogen-bond donors (Lipinski definition) is 2. The van der Waals surface area contributed by atoms with Gasteiger partial charge < -0.3 is 10.6 Å². The van der Waals surface area contributed by atoms with Crippen LogP contribution in [0.2, 0.25) is 0 Å². The highest BCUT2D eigenvalue weighted by Gasteiger charge is 2.09. The Kier molecular flexibility index (Phi) is 5.56. The molecular formula is C21H16F2N2O2. The summed E-state index contributed by atoms with van der Waals surface area (Å²) in [6.45, 7) is 0.265. The fourth-order valence-electron chi connectivity index (χ4n) is 2.43. The molecule has 3 aromatic carbocycles. The summed E-state index contributed by atoms with van der Waals surface area (Å²) in [6.07, 6.45) is 0. The predicted octanol–water partition coefficient (Wildman–Crippen LogP) is 4.15. The quantitative estimate of drug-likeness (QED) is 0.713. The van der Waals surface area contributed by atoms with Gasteiger partial charge in [-0.05, 0) is 60.2 Å². The zero-order chi connectivity index (χ0) is 19.2. The van der Waals surface area contributed by atoms with E-state index in [-0.39, 0.29) is 18.3 Å². The molecule has 0 saturated carbocycles. The van der Waals surface area contributed by atoms with Crippen molar-refractivity contribution in [1.29, 1.82) is 0 Å². The van der Waals surface area contributed by atoms with Crippen LogP contribution in [0, 0.1) is 11.6 Å². The van der Waals surface area contributed by atoms with Crippen LogP contribution >= 0.6 is 0 Å². The molecule has 136 valence electrons. The standard InChI is InChI=1S/C21H16F2N2O2/c22-17-10-4-14(5-11-17)13-24-20(26)15-6-8-16(9-7-15)21(27)25-19-3-1-2-18(23)12-19/h1-12H,13H2,(H,24,26)(H,25,27). The molecule has 0 saturated heterocycles. The first-order valence-electron chi connectivity index (χ1n) is 8.21. The molecule has 0 aromatic heterocycles. The molecule has 0 unspecified atom stereocenters. The van der Waals surface area contributed by atoms with Crippen LogP contribution in [-0.2, 0) is 6.54 Å². The van der Waals surface area contributed by atoms with Crippen LogP contribution < -0.4 is 10.6 Å². The molecule has 2 amide bonds. The van der Waals surface area contributed by atoms with Crippen molar-refractivity contribution in [2.75, 3.05) is 5.32 Å². The van der Waals surface area contributed by atoms with Crippen LogP contribution in [0.1, 0.15) is 26.3 Å². The van der Waals surface area contributed by atoms with Gasteiger partial charge in [0.25, 0.3) is 11.8 Å². The van der Waals surface area contributed by atoms with Gasteiger partial charge in [-0.3, -0.25) is 9.59 Å². The summed E-state index contributed by atoms with van der Waals surface area (Å²) in [5, 5.41) is 5.31. The normalized spacial score (nSPS) is 10.3. The molecule has 0 heterocycles. The number of anilines is 1. The van der Waals surface area contributed by atoms with Crippen LogP contribution in [0.4, 0.5) is 14.5 Å². The molecule has 0 atom stereocenters. The third-order valence-corrected chi connectivity index (χ3v) is 3.86. The molecular weight excluding hydrogens is 350 g/mol. The Bertz CT molecular complexity index is 955. The molecule has 3 rings (SSSR count). The monoisotopic (exact) mass is 366 g/mol. The maximum Gasteiger partial charge on any atom is 0.255 e. The van der Waals surface area contributed by atoms with E-state index in [0.29, 0.717) is 16.8 Å². The fraction of sp³-hybridized carbons (Fsp3) is 0.0476. The largest absolute Gasteiger partial charge is 0.348 e. The van der Waals surface area contributed by atoms with Crippen molar-refractivity contribution in [1.82, 2.24) is 5.32 Å². The summed E-state index contributed by atoms with van der Waals surface area (Å²) in [4.78, 5) is 24.3. The second kappa shape index (κ2) is 8.23. The van der Waals surface area contributed by atoms with Crippen LogP contribution in [-0.4, -0.2) is 11.8 Å². The Labute approximate surface area is 154 Å². The Hall–Kier alpha value is -3.54. The first-order valence-corrected chi connectivity index (χ1v) is 8.21. The fourth-order valence-corrected chi connectivity index (χ4v) is 2.43. The maximum absolute atomic E-state index is 13.2. The van der Waals surface area contributed by atoms with E-state index < -0.39 is 11.7 Å². The summed E-state index contributed by atoms with van der Waals surface area (Å²) >= 11 is 0. The molecule has 0 aliphatic heterocycles. The molecule has 4 nitrogen and oxygen atoms in total. The SMILES string of the molecule is O=C(NCc1ccc(F)cc1)c1ccc(C(=O)Nc2cccc(F)c2)cc1. The third-order valence-electron chi connectivity index (χ3n) is 3.86. The third kappa shape index (κ3) is 4.98. The van der Waals surface area contributed by atoms with Gasteiger partial charge in [0.2, 0.25) is 0 Å². The van der Waals surface area contributed by atoms with Gasteiger partial charge in [0, 0.05) is 23.4 Å². The summed E-state index contributed by atoms with van der Waals surface area (Å²) in [6, 6.07) is 17.5. The Morgan fingerprint density at radius 1 is 0.741 bits per heavy atom. The first-order chi connectivity index (χ1) is 13.0. The van der Waals surface area contributed by atoms with Gasteiger partial charge in [-0.2, -0.15) is 0 Å². The molecule has 0 fully saturated rings. The number of rotatable bonds is 5. The van der Waals surface area contributed by atoms with Crippen molar-refractivity contribution in [3.63, 3.8) is 0 Å². The van der Waals surface area contributed by atoms with Crippen LogP contribution in [0.25, 0.3) is 0 Å². The van der Waals surface area contributed by atoms with Gasteiger partial charge in [-0.1, -0.05) is 18.2 Å². The van der Waals surface area contributed by atoms with Crippen molar-refractivity contribution in [3.05, 3.63) is 101 Å². The van der Waals surface area contributed by atoms with Crippen LogP contribution in [0.15, 0.2) is 72.8 Å². The molecule has 0 radical (unpaired) electrons. The van der Waals surface area contributed by atoms with E-state index >= 15 is 0 Å². The Morgan fingerprint density at radius 2 is 1.37 bits per heavy atom. The lowest BCUT2D eigenvalue weighted by Gasteiger charge is -2.08. The lowest BCUT2D eigenvalue weighted by atomic mass is 10.1. The minimum atomic E-state index is -0.444. The molecule has 3 aromatic rings. The highest BCUT2D eigenvalue weighted by molar-refractivity contribution is 6.05. The highest BCUT2D eigenvalue weighted by Crippen LogP contribution is 2.12. The van der Waals surface area contributed by atoms with Crippen molar-refractivity contribution >= 4 is 17.5 Å². The first kappa shape index (κ1) is 18.3. The minimum absolute atomic E-state index is 0.265. The average molecular weight is 366 g/mol. The minimum Gasteiger partial charge on any atom is -0.348 e. The van der Waals surface area contributed by atoms with E-state index in [4.69, 9.17) is 0 Å². The number of benzene rings is 3. The highest BCUT2D eigenvalue weighted by atomic mass is 19.1. The summed E-state index contributed by atoms with van der Waals surface area (Å²) in [7, 11) is 0. The number of nitrogens with one attached hydrogen (secondary N) is 2. The number of amides is 2. The van der Waals surface area contributed by atoms with Crippen LogP contribution in [0.5, 0.6) is 0 Å². The summed E-state index contributed by atoms with van der Waals surface area (Å²) in [5.41, 5.74) is 1.85. The van der Waals surface area contributed by atoms with E-state index in [1.807, 2.05) is 0 Å². The van der Waals surface area contributed by atoms with E-state index in [1.54, 1.807) is 18.2 Å². The van der Waals surface area contributed by atoms with Crippen molar-refractivity contribution in [3.8, 4) is 0 Å². The lowest BCUT2D eigenvalue weighted by Crippen LogP contribution is -2.23.